The van der Waals surface area contributed by atoms with Crippen molar-refractivity contribution in [3.05, 3.63) is 18.5 Å². The maximum atomic E-state index is 3.83. The first-order chi connectivity index (χ1) is 3.43. The van der Waals surface area contributed by atoms with Gasteiger partial charge in [0.1, 0.15) is 6.20 Å². The van der Waals surface area contributed by atoms with Gasteiger partial charge < -0.3 is 0 Å². The smallest absolute Gasteiger partial charge is 0.113 e. The SMILES string of the molecule is CCn1cc[c]n1. The van der Waals surface area contributed by atoms with Crippen molar-refractivity contribution in [3.63, 3.8) is 0 Å². The summed E-state index contributed by atoms with van der Waals surface area (Å²) in [6.07, 6.45) is 4.58. The minimum Gasteiger partial charge on any atom is -0.272 e. The van der Waals surface area contributed by atoms with E-state index < -0.39 is 0 Å². The van der Waals surface area contributed by atoms with Crippen molar-refractivity contribution in [2.45, 2.75) is 13.5 Å². The molecule has 0 unspecified atom stereocenters. The van der Waals surface area contributed by atoms with Gasteiger partial charge in [0.25, 0.3) is 0 Å². The first kappa shape index (κ1) is 4.37. The first-order valence-corrected chi connectivity index (χ1v) is 2.33. The molecule has 1 heterocycles. The second-order valence-electron chi connectivity index (χ2n) is 1.30. The fourth-order valence-corrected chi connectivity index (χ4v) is 0.436. The molecule has 0 aliphatic carbocycles. The van der Waals surface area contributed by atoms with E-state index in [-0.39, 0.29) is 0 Å². The molecule has 1 radical (unpaired) electrons. The lowest BCUT2D eigenvalue weighted by atomic mass is 10.7. The summed E-state index contributed by atoms with van der Waals surface area (Å²) < 4.78 is 1.82. The van der Waals surface area contributed by atoms with E-state index in [9.17, 15) is 0 Å². The minimum atomic E-state index is 0.934. The number of nitrogens with zero attached hydrogens (tertiary/aromatic N) is 2. The van der Waals surface area contributed by atoms with Crippen LogP contribution < -0.4 is 0 Å². The molecule has 0 saturated heterocycles. The third-order valence-corrected chi connectivity index (χ3v) is 0.831. The van der Waals surface area contributed by atoms with Crippen LogP contribution in [0.25, 0.3) is 0 Å². The van der Waals surface area contributed by atoms with Crippen molar-refractivity contribution in [3.8, 4) is 0 Å². The van der Waals surface area contributed by atoms with Crippen LogP contribution in [0, 0.1) is 6.20 Å². The van der Waals surface area contributed by atoms with E-state index in [0.717, 1.165) is 6.54 Å². The second kappa shape index (κ2) is 1.78. The Hall–Kier alpha value is -0.790. The average molecular weight is 95.1 g/mol. The maximum Gasteiger partial charge on any atom is 0.113 e. The quantitative estimate of drug-likeness (QED) is 0.502. The van der Waals surface area contributed by atoms with Gasteiger partial charge in [-0.2, -0.15) is 5.10 Å². The highest BCUT2D eigenvalue weighted by Gasteiger charge is 1.78. The number of hydrogen-bond acceptors (Lipinski definition) is 1. The Kier molecular flexibility index (Phi) is 1.11. The van der Waals surface area contributed by atoms with Gasteiger partial charge in [-0.3, -0.25) is 4.68 Å². The molecular formula is C5H7N2. The molecule has 37 valence electrons. The molecule has 7 heavy (non-hydrogen) atoms. The Bertz CT molecular complexity index is 121. The van der Waals surface area contributed by atoms with Gasteiger partial charge in [-0.25, -0.2) is 0 Å². The van der Waals surface area contributed by atoms with Gasteiger partial charge >= 0.3 is 0 Å². The van der Waals surface area contributed by atoms with E-state index in [1.165, 1.54) is 0 Å². The van der Waals surface area contributed by atoms with Gasteiger partial charge in [-0.15, -0.1) is 0 Å². The van der Waals surface area contributed by atoms with Crippen molar-refractivity contribution in [2.24, 2.45) is 0 Å². The van der Waals surface area contributed by atoms with Crippen molar-refractivity contribution in [1.29, 1.82) is 0 Å². The van der Waals surface area contributed by atoms with E-state index in [2.05, 4.69) is 11.3 Å². The van der Waals surface area contributed by atoms with Crippen molar-refractivity contribution < 1.29 is 0 Å². The molecule has 0 aliphatic rings. The monoisotopic (exact) mass is 95.1 g/mol. The maximum absolute atomic E-state index is 3.83. The number of hydrogen-bond donors (Lipinski definition) is 0. The van der Waals surface area contributed by atoms with Crippen LogP contribution in [0.4, 0.5) is 0 Å². The summed E-state index contributed by atoms with van der Waals surface area (Å²) in [4.78, 5) is 0. The zero-order chi connectivity index (χ0) is 5.11. The van der Waals surface area contributed by atoms with Crippen LogP contribution in [0.15, 0.2) is 12.3 Å². The van der Waals surface area contributed by atoms with Gasteiger partial charge in [-0.05, 0) is 13.0 Å². The van der Waals surface area contributed by atoms with Crippen molar-refractivity contribution >= 4 is 0 Å². The molecule has 0 aliphatic heterocycles. The lowest BCUT2D eigenvalue weighted by Crippen LogP contribution is -1.91. The largest absolute Gasteiger partial charge is 0.272 e. The Labute approximate surface area is 42.8 Å². The third kappa shape index (κ3) is 0.796. The molecule has 0 aromatic carbocycles. The number of rotatable bonds is 1. The van der Waals surface area contributed by atoms with E-state index >= 15 is 0 Å². The van der Waals surface area contributed by atoms with Crippen LogP contribution in [0.2, 0.25) is 0 Å². The van der Waals surface area contributed by atoms with Crippen LogP contribution >= 0.6 is 0 Å². The predicted molar refractivity (Wildman–Crippen MR) is 26.7 cm³/mol. The van der Waals surface area contributed by atoms with Crippen LogP contribution in [-0.2, 0) is 6.54 Å². The van der Waals surface area contributed by atoms with Crippen LogP contribution in [0.3, 0.4) is 0 Å². The standard InChI is InChI=1S/C5H7N2/c1-2-7-5-3-4-6-7/h3,5H,2H2,1H3. The molecular weight excluding hydrogens is 88.1 g/mol. The highest BCUT2D eigenvalue weighted by atomic mass is 15.2. The molecule has 1 aromatic heterocycles. The Morgan fingerprint density at radius 3 is 3.00 bits per heavy atom. The molecule has 0 saturated carbocycles. The summed E-state index contributed by atoms with van der Waals surface area (Å²) in [5.74, 6) is 0. The van der Waals surface area contributed by atoms with E-state index in [4.69, 9.17) is 0 Å². The topological polar surface area (TPSA) is 17.8 Å². The second-order valence-corrected chi connectivity index (χ2v) is 1.30. The predicted octanol–water partition coefficient (Wildman–Crippen LogP) is 0.703. The van der Waals surface area contributed by atoms with Crippen molar-refractivity contribution in [1.82, 2.24) is 9.78 Å². The van der Waals surface area contributed by atoms with Crippen LogP contribution in [-0.4, -0.2) is 9.78 Å². The molecule has 0 fully saturated rings. The number of aromatic nitrogens is 2. The first-order valence-electron chi connectivity index (χ1n) is 2.33. The van der Waals surface area contributed by atoms with Crippen LogP contribution in [0.1, 0.15) is 6.92 Å². The van der Waals surface area contributed by atoms with Crippen molar-refractivity contribution in [2.75, 3.05) is 0 Å². The molecule has 0 bridgehead atoms. The molecule has 0 N–H and O–H groups in total. The third-order valence-electron chi connectivity index (χ3n) is 0.831. The summed E-state index contributed by atoms with van der Waals surface area (Å²) in [6.45, 7) is 2.98. The molecule has 2 heteroatoms. The zero-order valence-corrected chi connectivity index (χ0v) is 4.26. The van der Waals surface area contributed by atoms with Gasteiger partial charge in [0.15, 0.2) is 0 Å². The molecule has 0 atom stereocenters. The minimum absolute atomic E-state index is 0.934. The highest BCUT2D eigenvalue weighted by Crippen LogP contribution is 1.79. The zero-order valence-electron chi connectivity index (χ0n) is 4.26. The number of aryl methyl sites for hydroxylation is 1. The van der Waals surface area contributed by atoms with E-state index in [1.807, 2.05) is 17.8 Å². The van der Waals surface area contributed by atoms with Gasteiger partial charge in [0.05, 0.1) is 0 Å². The van der Waals surface area contributed by atoms with Gasteiger partial charge in [0.2, 0.25) is 0 Å². The Balaban J connectivity index is 2.76. The summed E-state index contributed by atoms with van der Waals surface area (Å²) in [5, 5.41) is 3.83. The Morgan fingerprint density at radius 1 is 1.86 bits per heavy atom. The molecule has 2 nitrogen and oxygen atoms in total. The molecule has 1 rings (SSSR count). The Morgan fingerprint density at radius 2 is 2.71 bits per heavy atom. The molecule has 0 spiro atoms. The summed E-state index contributed by atoms with van der Waals surface area (Å²) in [6, 6.07) is 1.80. The highest BCUT2D eigenvalue weighted by molar-refractivity contribution is 4.74. The van der Waals surface area contributed by atoms with E-state index in [0.29, 0.717) is 0 Å². The molecule has 1 aromatic rings. The molecule has 0 amide bonds. The van der Waals surface area contributed by atoms with Gasteiger partial charge in [-0.1, -0.05) is 0 Å². The summed E-state index contributed by atoms with van der Waals surface area (Å²) >= 11 is 0. The van der Waals surface area contributed by atoms with Crippen LogP contribution in [0.5, 0.6) is 0 Å². The van der Waals surface area contributed by atoms with Gasteiger partial charge in [0, 0.05) is 12.7 Å². The summed E-state index contributed by atoms with van der Waals surface area (Å²) in [5.41, 5.74) is 0. The average Bonchev–Trinajstić information content (AvgIpc) is 2.14. The lowest BCUT2D eigenvalue weighted by Gasteiger charge is -1.87. The lowest BCUT2D eigenvalue weighted by molar-refractivity contribution is 0.658. The normalized spacial score (nSPS) is 9.29. The fourth-order valence-electron chi connectivity index (χ4n) is 0.436. The van der Waals surface area contributed by atoms with E-state index in [1.54, 1.807) is 6.07 Å². The summed E-state index contributed by atoms with van der Waals surface area (Å²) in [7, 11) is 0. The fraction of sp³-hybridized carbons (Fsp3) is 0.400.